The summed E-state index contributed by atoms with van der Waals surface area (Å²) in [6, 6.07) is 15.3. The zero-order valence-corrected chi connectivity index (χ0v) is 12.8. The van der Waals surface area contributed by atoms with Gasteiger partial charge in [-0.05, 0) is 44.0 Å². The zero-order valence-electron chi connectivity index (χ0n) is 13.8. The molecule has 2 aromatic rings. The van der Waals surface area contributed by atoms with Crippen LogP contribution in [0, 0.1) is 6.92 Å². The van der Waals surface area contributed by atoms with Crippen molar-refractivity contribution in [3.8, 4) is 0 Å². The Kier molecular flexibility index (Phi) is 4.52. The third kappa shape index (κ3) is 4.09. The van der Waals surface area contributed by atoms with E-state index in [-0.39, 0.29) is 12.1 Å². The monoisotopic (exact) mass is 283 g/mol. The number of urea groups is 1. The molecule has 3 nitrogen and oxygen atoms in total. The van der Waals surface area contributed by atoms with Crippen molar-refractivity contribution < 1.29 is 6.17 Å². The van der Waals surface area contributed by atoms with Crippen molar-refractivity contribution in [1.29, 1.82) is 0 Å². The Bertz CT molecular complexity index is 655. The average Bonchev–Trinajstić information content (AvgIpc) is 2.45. The lowest BCUT2D eigenvalue weighted by Crippen LogP contribution is -2.39. The molecule has 0 radical (unpaired) electrons. The lowest BCUT2D eigenvalue weighted by atomic mass is 10.1. The molecule has 3 heteroatoms. The summed E-state index contributed by atoms with van der Waals surface area (Å²) < 4.78 is 7.61. The van der Waals surface area contributed by atoms with Crippen molar-refractivity contribution in [1.82, 2.24) is 4.90 Å². The Labute approximate surface area is 128 Å². The van der Waals surface area contributed by atoms with E-state index in [4.69, 9.17) is 1.37 Å². The number of hydrogen-bond donors (Lipinski definition) is 1. The molecule has 0 atom stereocenters. The van der Waals surface area contributed by atoms with Crippen LogP contribution in [0.25, 0.3) is 0 Å². The summed E-state index contributed by atoms with van der Waals surface area (Å²) in [5.74, 6) is 0. The van der Waals surface area contributed by atoms with Crippen molar-refractivity contribution in [2.75, 3.05) is 5.32 Å². The first-order valence-corrected chi connectivity index (χ1v) is 7.16. The lowest BCUT2D eigenvalue weighted by molar-refractivity contribution is 0.193. The first kappa shape index (κ1) is 13.7. The van der Waals surface area contributed by atoms with Crippen molar-refractivity contribution in [2.24, 2.45) is 0 Å². The molecule has 21 heavy (non-hydrogen) atoms. The number of benzene rings is 2. The Morgan fingerprint density at radius 2 is 1.90 bits per heavy atom. The van der Waals surface area contributed by atoms with Crippen molar-refractivity contribution in [3.63, 3.8) is 0 Å². The van der Waals surface area contributed by atoms with Gasteiger partial charge in [0.05, 0.1) is 1.37 Å². The van der Waals surface area contributed by atoms with Crippen molar-refractivity contribution in [2.45, 2.75) is 33.4 Å². The maximum absolute atomic E-state index is 12.5. The first-order chi connectivity index (χ1) is 10.5. The van der Waals surface area contributed by atoms with Gasteiger partial charge in [-0.15, -0.1) is 0 Å². The van der Waals surface area contributed by atoms with E-state index in [9.17, 15) is 4.79 Å². The normalized spacial score (nSPS) is 11.1. The van der Waals surface area contributed by atoms with Gasteiger partial charge in [0, 0.05) is 18.3 Å². The predicted molar refractivity (Wildman–Crippen MR) is 87.3 cm³/mol. The molecule has 1 N–H and O–H groups in total. The summed E-state index contributed by atoms with van der Waals surface area (Å²) in [7, 11) is 0. The molecule has 0 heterocycles. The molecule has 2 rings (SSSR count). The molecule has 110 valence electrons. The van der Waals surface area contributed by atoms with E-state index >= 15 is 0 Å². The summed E-state index contributed by atoms with van der Waals surface area (Å²) in [5.41, 5.74) is 2.96. The third-order valence-corrected chi connectivity index (χ3v) is 3.44. The molecule has 0 aliphatic rings. The van der Waals surface area contributed by atoms with Crippen LogP contribution in [0.5, 0.6) is 0 Å². The van der Waals surface area contributed by atoms with Crippen molar-refractivity contribution in [3.05, 3.63) is 65.7 Å². The highest BCUT2D eigenvalue weighted by atomic mass is 16.2. The maximum atomic E-state index is 12.5. The number of carbonyl (C=O) groups is 1. The van der Waals surface area contributed by atoms with E-state index in [0.717, 1.165) is 5.56 Å². The van der Waals surface area contributed by atoms with E-state index in [2.05, 4.69) is 18.3 Å². The number of para-hydroxylation sites is 1. The van der Waals surface area contributed by atoms with Crippen LogP contribution in [0.3, 0.4) is 0 Å². The highest BCUT2D eigenvalue weighted by Crippen LogP contribution is 2.15. The molecule has 0 bridgehead atoms. The fraction of sp³-hybridized carbons (Fsp3) is 0.278. The molecule has 0 unspecified atom stereocenters. The maximum Gasteiger partial charge on any atom is 0.322 e. The highest BCUT2D eigenvalue weighted by Gasteiger charge is 2.18. The zero-order chi connectivity index (χ0) is 16.1. The fourth-order valence-electron chi connectivity index (χ4n) is 2.13. The van der Waals surface area contributed by atoms with Crippen LogP contribution in [0.15, 0.2) is 54.6 Å². The Balaban J connectivity index is 2.14. The average molecular weight is 283 g/mol. The second-order valence-corrected chi connectivity index (χ2v) is 5.37. The number of hydrogen-bond acceptors (Lipinski definition) is 1. The van der Waals surface area contributed by atoms with Gasteiger partial charge in [-0.1, -0.05) is 42.4 Å². The van der Waals surface area contributed by atoms with Crippen LogP contribution in [0.1, 0.15) is 26.3 Å². The van der Waals surface area contributed by atoms with Gasteiger partial charge in [-0.2, -0.15) is 0 Å². The molecule has 0 aromatic heterocycles. The van der Waals surface area contributed by atoms with Gasteiger partial charge in [-0.3, -0.25) is 0 Å². The van der Waals surface area contributed by atoms with E-state index in [1.165, 1.54) is 5.56 Å². The van der Waals surface area contributed by atoms with Gasteiger partial charge < -0.3 is 10.2 Å². The summed E-state index contributed by atoms with van der Waals surface area (Å²) in [5, 5.41) is 2.87. The molecule has 0 spiro atoms. The minimum Gasteiger partial charge on any atom is -0.318 e. The number of nitrogens with zero attached hydrogens (tertiary/aromatic N) is 1. The molecule has 2 aromatic carbocycles. The predicted octanol–water partition coefficient (Wildman–Crippen LogP) is 4.44. The quantitative estimate of drug-likeness (QED) is 0.884. The van der Waals surface area contributed by atoms with Crippen LogP contribution < -0.4 is 5.32 Å². The van der Waals surface area contributed by atoms with E-state index in [1.807, 2.05) is 32.0 Å². The number of aryl methyl sites for hydroxylation is 1. The Hall–Kier alpha value is -2.29. The Morgan fingerprint density at radius 3 is 2.57 bits per heavy atom. The van der Waals surface area contributed by atoms with Gasteiger partial charge >= 0.3 is 6.03 Å². The molecule has 0 saturated heterocycles. The van der Waals surface area contributed by atoms with Crippen LogP contribution in [-0.4, -0.2) is 17.0 Å². The number of nitrogens with one attached hydrogen (secondary N) is 1. The summed E-state index contributed by atoms with van der Waals surface area (Å²) in [4.78, 5) is 14.3. The number of carbonyl (C=O) groups excluding carboxylic acids is 1. The van der Waals surface area contributed by atoms with E-state index in [1.54, 1.807) is 29.2 Å². The van der Waals surface area contributed by atoms with Crippen LogP contribution in [-0.2, 0) is 6.54 Å². The molecular formula is C18H22N2O. The van der Waals surface area contributed by atoms with Crippen molar-refractivity contribution >= 4 is 11.7 Å². The van der Waals surface area contributed by atoms with Crippen LogP contribution in [0.2, 0.25) is 0 Å². The summed E-state index contributed by atoms with van der Waals surface area (Å²) >= 11 is 0. The lowest BCUT2D eigenvalue weighted by Gasteiger charge is -2.27. The summed E-state index contributed by atoms with van der Waals surface area (Å²) in [6.45, 7) is 6.61. The Morgan fingerprint density at radius 1 is 1.19 bits per heavy atom. The smallest absolute Gasteiger partial charge is 0.318 e. The standard InChI is InChI=1S/C18H22N2O/c1-14(2)20(13-16-10-8-7-9-15(16)3)18(21)19-17-11-5-4-6-12-17/h4-12,14H,13H2,1-3H3,(H,19,21)/i5D. The minimum absolute atomic E-state index is 0.0822. The number of anilines is 1. The van der Waals surface area contributed by atoms with E-state index in [0.29, 0.717) is 18.3 Å². The molecule has 0 fully saturated rings. The molecule has 0 aliphatic heterocycles. The van der Waals surface area contributed by atoms with Gasteiger partial charge in [0.15, 0.2) is 0 Å². The first-order valence-electron chi connectivity index (χ1n) is 7.66. The third-order valence-electron chi connectivity index (χ3n) is 3.44. The van der Waals surface area contributed by atoms with Gasteiger partial charge in [0.2, 0.25) is 0 Å². The van der Waals surface area contributed by atoms with Gasteiger partial charge in [-0.25, -0.2) is 4.79 Å². The van der Waals surface area contributed by atoms with Crippen LogP contribution >= 0.6 is 0 Å². The SMILES string of the molecule is [2H]c1cccc(NC(=O)N(Cc2ccccc2C)C(C)C)c1. The minimum atomic E-state index is -0.149. The summed E-state index contributed by atoms with van der Waals surface area (Å²) in [6.07, 6.45) is 0. The number of rotatable bonds is 4. The van der Waals surface area contributed by atoms with Crippen LogP contribution in [0.4, 0.5) is 10.5 Å². The second-order valence-electron chi connectivity index (χ2n) is 5.37. The largest absolute Gasteiger partial charge is 0.322 e. The molecule has 0 aliphatic carbocycles. The topological polar surface area (TPSA) is 32.3 Å². The molecular weight excluding hydrogens is 260 g/mol. The van der Waals surface area contributed by atoms with E-state index < -0.39 is 0 Å². The fourth-order valence-corrected chi connectivity index (χ4v) is 2.13. The van der Waals surface area contributed by atoms with Gasteiger partial charge in [0.1, 0.15) is 0 Å². The second kappa shape index (κ2) is 6.93. The molecule has 0 saturated carbocycles. The van der Waals surface area contributed by atoms with Gasteiger partial charge in [0.25, 0.3) is 0 Å². The highest BCUT2D eigenvalue weighted by molar-refractivity contribution is 5.89. The number of amides is 2. The molecule has 2 amide bonds.